The summed E-state index contributed by atoms with van der Waals surface area (Å²) in [7, 11) is 0. The molecule has 0 spiro atoms. The van der Waals surface area contributed by atoms with Crippen LogP contribution < -0.4 is 4.74 Å². The maximum Gasteiger partial charge on any atom is 0.219 e. The Hall–Kier alpha value is -1.87. The van der Waals surface area contributed by atoms with E-state index in [1.165, 1.54) is 5.56 Å². The van der Waals surface area contributed by atoms with Gasteiger partial charge in [-0.2, -0.15) is 0 Å². The first-order valence-electron chi connectivity index (χ1n) is 6.58. The zero-order valence-electron chi connectivity index (χ0n) is 11.3. The van der Waals surface area contributed by atoms with Crippen LogP contribution in [-0.4, -0.2) is 10.1 Å². The number of pyridine rings is 1. The van der Waals surface area contributed by atoms with Crippen LogP contribution in [0.25, 0.3) is 0 Å². The number of hydrogen-bond donors (Lipinski definition) is 1. The quantitative estimate of drug-likeness (QED) is 0.883. The van der Waals surface area contributed by atoms with Crippen molar-refractivity contribution in [1.29, 1.82) is 0 Å². The second kappa shape index (κ2) is 6.34. The van der Waals surface area contributed by atoms with Crippen molar-refractivity contribution in [1.82, 2.24) is 4.98 Å². The average molecular weight is 257 g/mol. The molecule has 3 heteroatoms. The number of para-hydroxylation sites is 1. The number of benzene rings is 1. The van der Waals surface area contributed by atoms with Gasteiger partial charge in [0.15, 0.2) is 0 Å². The highest BCUT2D eigenvalue weighted by Gasteiger charge is 2.10. The number of ether oxygens (including phenoxy) is 1. The summed E-state index contributed by atoms with van der Waals surface area (Å²) >= 11 is 0. The molecule has 0 aliphatic carbocycles. The minimum Gasteiger partial charge on any atom is -0.439 e. The van der Waals surface area contributed by atoms with Crippen molar-refractivity contribution in [3.8, 4) is 11.6 Å². The van der Waals surface area contributed by atoms with Crippen molar-refractivity contribution in [3.05, 3.63) is 53.7 Å². The minimum atomic E-state index is -0.0792. The minimum absolute atomic E-state index is 0.0792. The second-order valence-corrected chi connectivity index (χ2v) is 4.57. The molecule has 1 heterocycles. The van der Waals surface area contributed by atoms with Gasteiger partial charge in [-0.15, -0.1) is 0 Å². The highest BCUT2D eigenvalue weighted by atomic mass is 16.5. The molecule has 100 valence electrons. The van der Waals surface area contributed by atoms with Crippen molar-refractivity contribution in [2.45, 2.75) is 32.8 Å². The monoisotopic (exact) mass is 257 g/mol. The predicted octanol–water partition coefficient (Wildman–Crippen LogP) is 3.88. The fourth-order valence-electron chi connectivity index (χ4n) is 1.92. The molecule has 0 fully saturated rings. The largest absolute Gasteiger partial charge is 0.439 e. The van der Waals surface area contributed by atoms with Gasteiger partial charge in [0, 0.05) is 6.07 Å². The number of aliphatic hydroxyl groups is 1. The van der Waals surface area contributed by atoms with Gasteiger partial charge in [-0.3, -0.25) is 0 Å². The SMILES string of the molecule is CCC(C)c1ccccc1Oc1cccc(CO)n1. The Kier molecular flexibility index (Phi) is 4.53. The summed E-state index contributed by atoms with van der Waals surface area (Å²) in [6.07, 6.45) is 1.06. The number of aromatic nitrogens is 1. The third-order valence-electron chi connectivity index (χ3n) is 3.22. The first kappa shape index (κ1) is 13.6. The summed E-state index contributed by atoms with van der Waals surface area (Å²) in [4.78, 5) is 4.24. The van der Waals surface area contributed by atoms with Crippen LogP contribution in [0.4, 0.5) is 0 Å². The Morgan fingerprint density at radius 2 is 1.95 bits per heavy atom. The van der Waals surface area contributed by atoms with Gasteiger partial charge in [0.1, 0.15) is 5.75 Å². The molecular formula is C16H19NO2. The van der Waals surface area contributed by atoms with Gasteiger partial charge in [-0.05, 0) is 30.0 Å². The molecular weight excluding hydrogens is 238 g/mol. The van der Waals surface area contributed by atoms with Gasteiger partial charge in [0.05, 0.1) is 12.3 Å². The molecule has 1 aromatic carbocycles. The van der Waals surface area contributed by atoms with E-state index in [0.717, 1.165) is 12.2 Å². The average Bonchev–Trinajstić information content (AvgIpc) is 2.47. The number of aliphatic hydroxyl groups excluding tert-OH is 1. The van der Waals surface area contributed by atoms with Crippen LogP contribution in [-0.2, 0) is 6.61 Å². The van der Waals surface area contributed by atoms with E-state index in [1.54, 1.807) is 12.1 Å². The van der Waals surface area contributed by atoms with Crippen LogP contribution in [0, 0.1) is 0 Å². The second-order valence-electron chi connectivity index (χ2n) is 4.57. The summed E-state index contributed by atoms with van der Waals surface area (Å²) in [5.74, 6) is 1.79. The van der Waals surface area contributed by atoms with E-state index >= 15 is 0 Å². The summed E-state index contributed by atoms with van der Waals surface area (Å²) in [5, 5.41) is 9.09. The maximum absolute atomic E-state index is 9.09. The first-order valence-corrected chi connectivity index (χ1v) is 6.58. The summed E-state index contributed by atoms with van der Waals surface area (Å²) in [5.41, 5.74) is 1.79. The topological polar surface area (TPSA) is 42.4 Å². The molecule has 0 aliphatic rings. The molecule has 1 aromatic heterocycles. The molecule has 2 aromatic rings. The van der Waals surface area contributed by atoms with E-state index in [9.17, 15) is 0 Å². The van der Waals surface area contributed by atoms with Crippen LogP contribution >= 0.6 is 0 Å². The summed E-state index contributed by atoms with van der Waals surface area (Å²) < 4.78 is 5.85. The third kappa shape index (κ3) is 3.32. The molecule has 0 saturated heterocycles. The number of hydrogen-bond acceptors (Lipinski definition) is 3. The van der Waals surface area contributed by atoms with Gasteiger partial charge in [-0.1, -0.05) is 38.1 Å². The zero-order chi connectivity index (χ0) is 13.7. The molecule has 3 nitrogen and oxygen atoms in total. The molecule has 19 heavy (non-hydrogen) atoms. The lowest BCUT2D eigenvalue weighted by molar-refractivity contribution is 0.275. The molecule has 1 unspecified atom stereocenters. The number of rotatable bonds is 5. The molecule has 0 bridgehead atoms. The molecule has 1 N–H and O–H groups in total. The standard InChI is InChI=1S/C16H19NO2/c1-3-12(2)14-8-4-5-9-15(14)19-16-10-6-7-13(11-18)17-16/h4-10,12,18H,3,11H2,1-2H3. The number of nitrogens with zero attached hydrogens (tertiary/aromatic N) is 1. The molecule has 0 saturated carbocycles. The zero-order valence-corrected chi connectivity index (χ0v) is 11.3. The Morgan fingerprint density at radius 1 is 1.16 bits per heavy atom. The Bertz CT molecular complexity index is 540. The van der Waals surface area contributed by atoms with Crippen LogP contribution in [0.3, 0.4) is 0 Å². The fraction of sp³-hybridized carbons (Fsp3) is 0.312. The van der Waals surface area contributed by atoms with E-state index < -0.39 is 0 Å². The van der Waals surface area contributed by atoms with Gasteiger partial charge < -0.3 is 9.84 Å². The molecule has 0 radical (unpaired) electrons. The van der Waals surface area contributed by atoms with Crippen LogP contribution in [0.15, 0.2) is 42.5 Å². The highest BCUT2D eigenvalue weighted by Crippen LogP contribution is 2.31. The van der Waals surface area contributed by atoms with Crippen molar-refractivity contribution >= 4 is 0 Å². The molecule has 0 amide bonds. The molecule has 1 atom stereocenters. The van der Waals surface area contributed by atoms with Gasteiger partial charge >= 0.3 is 0 Å². The van der Waals surface area contributed by atoms with E-state index in [-0.39, 0.29) is 6.61 Å². The van der Waals surface area contributed by atoms with E-state index in [4.69, 9.17) is 9.84 Å². The van der Waals surface area contributed by atoms with E-state index in [2.05, 4.69) is 24.9 Å². The third-order valence-corrected chi connectivity index (χ3v) is 3.22. The summed E-state index contributed by atoms with van der Waals surface area (Å²) in [6.45, 7) is 4.26. The lowest BCUT2D eigenvalue weighted by atomic mass is 9.98. The fourth-order valence-corrected chi connectivity index (χ4v) is 1.92. The van der Waals surface area contributed by atoms with Crippen molar-refractivity contribution < 1.29 is 9.84 Å². The Morgan fingerprint density at radius 3 is 2.68 bits per heavy atom. The Balaban J connectivity index is 2.27. The van der Waals surface area contributed by atoms with Crippen LogP contribution in [0.1, 0.15) is 37.4 Å². The molecule has 2 rings (SSSR count). The lowest BCUT2D eigenvalue weighted by Gasteiger charge is -2.15. The van der Waals surface area contributed by atoms with E-state index in [1.807, 2.05) is 24.3 Å². The van der Waals surface area contributed by atoms with Crippen LogP contribution in [0.2, 0.25) is 0 Å². The van der Waals surface area contributed by atoms with E-state index in [0.29, 0.717) is 17.5 Å². The normalized spacial score (nSPS) is 12.2. The van der Waals surface area contributed by atoms with Gasteiger partial charge in [0.25, 0.3) is 0 Å². The smallest absolute Gasteiger partial charge is 0.219 e. The van der Waals surface area contributed by atoms with Crippen molar-refractivity contribution in [2.24, 2.45) is 0 Å². The maximum atomic E-state index is 9.09. The first-order chi connectivity index (χ1) is 9.24. The van der Waals surface area contributed by atoms with Gasteiger partial charge in [0.2, 0.25) is 5.88 Å². The van der Waals surface area contributed by atoms with Crippen molar-refractivity contribution in [3.63, 3.8) is 0 Å². The lowest BCUT2D eigenvalue weighted by Crippen LogP contribution is -1.98. The van der Waals surface area contributed by atoms with Crippen molar-refractivity contribution in [2.75, 3.05) is 0 Å². The summed E-state index contributed by atoms with van der Waals surface area (Å²) in [6, 6.07) is 13.4. The predicted molar refractivity (Wildman–Crippen MR) is 75.4 cm³/mol. The van der Waals surface area contributed by atoms with Gasteiger partial charge in [-0.25, -0.2) is 4.98 Å². The Labute approximate surface area is 113 Å². The highest BCUT2D eigenvalue weighted by molar-refractivity contribution is 5.38. The molecule has 0 aliphatic heterocycles. The van der Waals surface area contributed by atoms with Crippen LogP contribution in [0.5, 0.6) is 11.6 Å².